The Morgan fingerprint density at radius 3 is 2.56 bits per heavy atom. The van der Waals surface area contributed by atoms with Gasteiger partial charge in [0.2, 0.25) is 10.0 Å². The molecule has 1 heterocycles. The molecule has 0 spiro atoms. The van der Waals surface area contributed by atoms with Crippen molar-refractivity contribution >= 4 is 10.0 Å². The van der Waals surface area contributed by atoms with Crippen LogP contribution in [0.2, 0.25) is 0 Å². The number of rotatable bonds is 4. The number of fused-ring (bicyclic) bond motifs is 1. The summed E-state index contributed by atoms with van der Waals surface area (Å²) in [5, 5.41) is 0. The highest BCUT2D eigenvalue weighted by atomic mass is 32.2. The van der Waals surface area contributed by atoms with E-state index < -0.39 is 10.0 Å². The van der Waals surface area contributed by atoms with E-state index >= 15 is 0 Å². The van der Waals surface area contributed by atoms with Gasteiger partial charge in [-0.2, -0.15) is 0 Å². The van der Waals surface area contributed by atoms with Crippen molar-refractivity contribution in [2.75, 3.05) is 13.7 Å². The van der Waals surface area contributed by atoms with E-state index in [-0.39, 0.29) is 12.6 Å². The Morgan fingerprint density at radius 2 is 1.84 bits per heavy atom. The van der Waals surface area contributed by atoms with Crippen LogP contribution in [0.1, 0.15) is 22.3 Å². The maximum atomic E-state index is 12.8. The summed E-state index contributed by atoms with van der Waals surface area (Å²) in [6, 6.07) is 8.97. The molecule has 1 N–H and O–H groups in total. The van der Waals surface area contributed by atoms with E-state index in [1.54, 1.807) is 13.2 Å². The second-order valence-electron chi connectivity index (χ2n) is 6.48. The molecule has 0 aliphatic carbocycles. The van der Waals surface area contributed by atoms with Gasteiger partial charge in [0.25, 0.3) is 0 Å². The smallest absolute Gasteiger partial charge is 0.241 e. The summed E-state index contributed by atoms with van der Waals surface area (Å²) in [6.45, 7) is 5.99. The molecule has 3 rings (SSSR count). The van der Waals surface area contributed by atoms with Crippen molar-refractivity contribution in [1.82, 2.24) is 4.72 Å². The van der Waals surface area contributed by atoms with Crippen molar-refractivity contribution < 1.29 is 17.9 Å². The van der Waals surface area contributed by atoms with Gasteiger partial charge >= 0.3 is 0 Å². The first-order valence-corrected chi connectivity index (χ1v) is 9.69. The molecule has 6 heteroatoms. The van der Waals surface area contributed by atoms with Crippen LogP contribution in [0, 0.1) is 20.8 Å². The quantitative estimate of drug-likeness (QED) is 0.909. The highest BCUT2D eigenvalue weighted by Crippen LogP contribution is 2.34. The average Bonchev–Trinajstić information content (AvgIpc) is 2.56. The predicted octanol–water partition coefficient (Wildman–Crippen LogP) is 2.90. The number of para-hydroxylation sites is 1. The van der Waals surface area contributed by atoms with Crippen molar-refractivity contribution in [3.05, 3.63) is 52.6 Å². The van der Waals surface area contributed by atoms with Gasteiger partial charge in [-0.3, -0.25) is 0 Å². The lowest BCUT2D eigenvalue weighted by Crippen LogP contribution is -2.42. The maximum absolute atomic E-state index is 12.8. The summed E-state index contributed by atoms with van der Waals surface area (Å²) in [7, 11) is -2.02. The van der Waals surface area contributed by atoms with Gasteiger partial charge in [-0.25, -0.2) is 13.1 Å². The van der Waals surface area contributed by atoms with Crippen molar-refractivity contribution in [2.45, 2.75) is 38.1 Å². The number of aryl methyl sites for hydroxylation is 3. The molecule has 25 heavy (non-hydrogen) atoms. The summed E-state index contributed by atoms with van der Waals surface area (Å²) >= 11 is 0. The fraction of sp³-hybridized carbons (Fsp3) is 0.368. The van der Waals surface area contributed by atoms with Crippen LogP contribution < -0.4 is 14.2 Å². The molecule has 5 nitrogen and oxygen atoms in total. The Labute approximate surface area is 149 Å². The molecular weight excluding hydrogens is 338 g/mol. The first kappa shape index (κ1) is 17.8. The zero-order valence-corrected chi connectivity index (χ0v) is 15.7. The third-order valence-electron chi connectivity index (χ3n) is 4.58. The van der Waals surface area contributed by atoms with Gasteiger partial charge in [0, 0.05) is 0 Å². The van der Waals surface area contributed by atoms with Gasteiger partial charge in [0.05, 0.1) is 18.0 Å². The minimum atomic E-state index is -3.61. The summed E-state index contributed by atoms with van der Waals surface area (Å²) in [5.41, 5.74) is 3.73. The number of sulfonamides is 1. The topological polar surface area (TPSA) is 64.6 Å². The lowest BCUT2D eigenvalue weighted by Gasteiger charge is -2.27. The Bertz CT molecular complexity index is 906. The number of methoxy groups -OCH3 is 1. The molecule has 0 radical (unpaired) electrons. The predicted molar refractivity (Wildman–Crippen MR) is 97.0 cm³/mol. The van der Waals surface area contributed by atoms with E-state index in [1.165, 1.54) is 0 Å². The van der Waals surface area contributed by atoms with E-state index in [0.29, 0.717) is 22.8 Å². The molecule has 0 saturated carbocycles. The van der Waals surface area contributed by atoms with Crippen LogP contribution in [0.3, 0.4) is 0 Å². The zero-order valence-electron chi connectivity index (χ0n) is 14.9. The summed E-state index contributed by atoms with van der Waals surface area (Å²) in [6.07, 6.45) is 0.565. The largest absolute Gasteiger partial charge is 0.493 e. The molecular formula is C19H23NO4S. The zero-order chi connectivity index (χ0) is 18.2. The highest BCUT2D eigenvalue weighted by Gasteiger charge is 2.28. The van der Waals surface area contributed by atoms with E-state index in [2.05, 4.69) is 4.72 Å². The van der Waals surface area contributed by atoms with Crippen LogP contribution >= 0.6 is 0 Å². The normalized spacial score (nSPS) is 16.9. The number of ether oxygens (including phenoxy) is 2. The monoisotopic (exact) mass is 361 g/mol. The fourth-order valence-electron chi connectivity index (χ4n) is 3.14. The molecule has 0 bridgehead atoms. The molecule has 2 aromatic carbocycles. The number of nitrogens with one attached hydrogen (secondary N) is 1. The number of hydrogen-bond acceptors (Lipinski definition) is 4. The van der Waals surface area contributed by atoms with Gasteiger partial charge in [-0.1, -0.05) is 18.2 Å². The highest BCUT2D eigenvalue weighted by molar-refractivity contribution is 7.89. The summed E-state index contributed by atoms with van der Waals surface area (Å²) < 4.78 is 39.5. The molecule has 2 aromatic rings. The minimum Gasteiger partial charge on any atom is -0.493 e. The van der Waals surface area contributed by atoms with E-state index in [9.17, 15) is 8.42 Å². The molecule has 0 aromatic heterocycles. The van der Waals surface area contributed by atoms with Crippen molar-refractivity contribution in [2.24, 2.45) is 0 Å². The van der Waals surface area contributed by atoms with E-state index in [1.807, 2.05) is 45.0 Å². The van der Waals surface area contributed by atoms with Gasteiger partial charge in [-0.05, 0) is 61.6 Å². The van der Waals surface area contributed by atoms with E-state index in [0.717, 1.165) is 22.3 Å². The molecule has 0 saturated heterocycles. The van der Waals surface area contributed by atoms with Gasteiger partial charge < -0.3 is 9.47 Å². The number of hydrogen-bond donors (Lipinski definition) is 1. The second-order valence-corrected chi connectivity index (χ2v) is 8.17. The third-order valence-corrected chi connectivity index (χ3v) is 6.24. The molecule has 1 atom stereocenters. The minimum absolute atomic E-state index is 0.274. The standard InChI is InChI=1S/C19H23NO4S/c1-12-8-14(3)18(9-13(12)2)25(21,22)20-16-10-15-6-5-7-17(23-4)19(15)24-11-16/h5-9,16,20H,10-11H2,1-4H3. The maximum Gasteiger partial charge on any atom is 0.241 e. The first-order chi connectivity index (χ1) is 11.8. The second kappa shape index (κ2) is 6.69. The van der Waals surface area contributed by atoms with Crippen molar-refractivity contribution in [3.63, 3.8) is 0 Å². The molecule has 134 valence electrons. The van der Waals surface area contributed by atoms with E-state index in [4.69, 9.17) is 9.47 Å². The van der Waals surface area contributed by atoms with Gasteiger partial charge in [-0.15, -0.1) is 0 Å². The molecule has 1 unspecified atom stereocenters. The first-order valence-electron chi connectivity index (χ1n) is 8.20. The average molecular weight is 361 g/mol. The van der Waals surface area contributed by atoms with Gasteiger partial charge in [0.15, 0.2) is 11.5 Å². The summed E-state index contributed by atoms with van der Waals surface area (Å²) in [5.74, 6) is 1.37. The molecule has 1 aliphatic rings. The summed E-state index contributed by atoms with van der Waals surface area (Å²) in [4.78, 5) is 0.326. The van der Waals surface area contributed by atoms with Crippen LogP contribution in [-0.4, -0.2) is 28.2 Å². The van der Waals surface area contributed by atoms with Crippen LogP contribution in [0.5, 0.6) is 11.5 Å². The van der Waals surface area contributed by atoms with Crippen LogP contribution in [0.15, 0.2) is 35.2 Å². The lowest BCUT2D eigenvalue weighted by atomic mass is 10.0. The molecule has 1 aliphatic heterocycles. The lowest BCUT2D eigenvalue weighted by molar-refractivity contribution is 0.240. The third kappa shape index (κ3) is 3.50. The van der Waals surface area contributed by atoms with Crippen LogP contribution in [-0.2, 0) is 16.4 Å². The Hall–Kier alpha value is -2.05. The van der Waals surface area contributed by atoms with Crippen LogP contribution in [0.4, 0.5) is 0 Å². The van der Waals surface area contributed by atoms with Crippen molar-refractivity contribution in [1.29, 1.82) is 0 Å². The fourth-order valence-corrected chi connectivity index (χ4v) is 4.67. The molecule has 0 fully saturated rings. The Morgan fingerprint density at radius 1 is 1.12 bits per heavy atom. The van der Waals surface area contributed by atoms with Crippen LogP contribution in [0.25, 0.3) is 0 Å². The Balaban J connectivity index is 1.84. The Kier molecular flexibility index (Phi) is 4.75. The van der Waals surface area contributed by atoms with Gasteiger partial charge in [0.1, 0.15) is 6.61 Å². The SMILES string of the molecule is COc1cccc2c1OCC(NS(=O)(=O)c1cc(C)c(C)cc1C)C2. The molecule has 0 amide bonds. The number of benzene rings is 2. The van der Waals surface area contributed by atoms with Crippen molar-refractivity contribution in [3.8, 4) is 11.5 Å².